The van der Waals surface area contributed by atoms with E-state index in [-0.39, 0.29) is 25.5 Å². The molecule has 3 nitrogen and oxygen atoms in total. The molecule has 0 atom stereocenters. The van der Waals surface area contributed by atoms with Crippen LogP contribution in [0.2, 0.25) is 0 Å². The summed E-state index contributed by atoms with van der Waals surface area (Å²) >= 11 is 0. The van der Waals surface area contributed by atoms with Crippen LogP contribution in [0.5, 0.6) is 0 Å². The Morgan fingerprint density at radius 3 is 1.83 bits per heavy atom. The topological polar surface area (TPSA) is 38.7 Å². The zero-order valence-electron chi connectivity index (χ0n) is 34.0. The number of hydrogen-bond donors (Lipinski definition) is 0. The van der Waals surface area contributed by atoms with E-state index in [1.807, 2.05) is 54.9 Å². The van der Waals surface area contributed by atoms with E-state index < -0.39 is 0 Å². The second-order valence-corrected chi connectivity index (χ2v) is 15.7. The molecule has 0 spiro atoms. The Balaban J connectivity index is 0.000000321. The molecule has 0 saturated heterocycles. The molecule has 3 aromatic heterocycles. The summed E-state index contributed by atoms with van der Waals surface area (Å²) in [5, 5.41) is 2.29. The van der Waals surface area contributed by atoms with E-state index in [0.29, 0.717) is 0 Å². The molecule has 0 saturated carbocycles. The zero-order chi connectivity index (χ0) is 40.1. The third-order valence-corrected chi connectivity index (χ3v) is 10.5. The van der Waals surface area contributed by atoms with Gasteiger partial charge in [0.15, 0.2) is 0 Å². The van der Waals surface area contributed by atoms with E-state index >= 15 is 0 Å². The minimum absolute atomic E-state index is 0. The van der Waals surface area contributed by atoms with E-state index in [1.54, 1.807) is 0 Å². The van der Waals surface area contributed by atoms with Crippen molar-refractivity contribution in [2.75, 3.05) is 0 Å². The van der Waals surface area contributed by atoms with Crippen molar-refractivity contribution in [3.8, 4) is 67.2 Å². The summed E-state index contributed by atoms with van der Waals surface area (Å²) in [6, 6.07) is 63.7. The summed E-state index contributed by atoms with van der Waals surface area (Å²) < 4.78 is 0. The van der Waals surface area contributed by atoms with E-state index in [4.69, 9.17) is 9.97 Å². The second-order valence-electron chi connectivity index (χ2n) is 15.7. The van der Waals surface area contributed by atoms with Gasteiger partial charge in [-0.2, -0.15) is 0 Å². The first kappa shape index (κ1) is 40.9. The maximum Gasteiger partial charge on any atom is 0.0708 e. The first-order valence-corrected chi connectivity index (χ1v) is 19.7. The summed E-state index contributed by atoms with van der Waals surface area (Å²) in [5.74, 6) is 0. The predicted octanol–water partition coefficient (Wildman–Crippen LogP) is 14.2. The van der Waals surface area contributed by atoms with E-state index in [9.17, 15) is 0 Å². The Hall–Kier alpha value is -6.32. The molecule has 0 fully saturated rings. The van der Waals surface area contributed by atoms with Crippen LogP contribution in [0.3, 0.4) is 0 Å². The number of aryl methyl sites for hydroxylation is 2. The zero-order valence-corrected chi connectivity index (χ0v) is 36.4. The predicted molar refractivity (Wildman–Crippen MR) is 242 cm³/mol. The normalized spacial score (nSPS) is 11.0. The van der Waals surface area contributed by atoms with Crippen LogP contribution in [0.15, 0.2) is 182 Å². The fourth-order valence-electron chi connectivity index (χ4n) is 7.28. The second kappa shape index (κ2) is 18.1. The molecule has 9 rings (SSSR count). The summed E-state index contributed by atoms with van der Waals surface area (Å²) in [5.41, 5.74) is 16.9. The van der Waals surface area contributed by atoms with Gasteiger partial charge in [0, 0.05) is 49.6 Å². The monoisotopic (exact) mass is 940 g/mol. The van der Waals surface area contributed by atoms with Gasteiger partial charge in [-0.1, -0.05) is 123 Å². The Morgan fingerprint density at radius 2 is 1.12 bits per heavy atom. The van der Waals surface area contributed by atoms with Crippen LogP contribution in [-0.4, -0.2) is 15.0 Å². The average molecular weight is 940 g/mol. The summed E-state index contributed by atoms with van der Waals surface area (Å²) in [7, 11) is 0. The molecule has 3 heterocycles. The Bertz CT molecular complexity index is 2830. The molecule has 0 aliphatic heterocycles. The minimum atomic E-state index is 0. The molecule has 0 N–H and O–H groups in total. The third-order valence-electron chi connectivity index (χ3n) is 10.5. The number of aromatic nitrogens is 3. The molecule has 6 aromatic carbocycles. The van der Waals surface area contributed by atoms with Crippen molar-refractivity contribution in [1.82, 2.24) is 15.0 Å². The summed E-state index contributed by atoms with van der Waals surface area (Å²) in [6.07, 6.45) is 5.78. The molecular weight excluding hydrogens is 895 g/mol. The van der Waals surface area contributed by atoms with Crippen LogP contribution in [-0.2, 0) is 25.5 Å². The number of pyridine rings is 3. The fourth-order valence-corrected chi connectivity index (χ4v) is 7.28. The van der Waals surface area contributed by atoms with Gasteiger partial charge in [0.1, 0.15) is 0 Å². The average Bonchev–Trinajstić information content (AvgIpc) is 3.27. The number of hydrogen-bond acceptors (Lipinski definition) is 3. The molecule has 0 amide bonds. The van der Waals surface area contributed by atoms with E-state index in [0.717, 1.165) is 50.3 Å². The van der Waals surface area contributed by atoms with Crippen molar-refractivity contribution in [3.05, 3.63) is 211 Å². The van der Waals surface area contributed by atoms with Crippen molar-refractivity contribution < 1.29 is 20.1 Å². The number of benzene rings is 6. The molecule has 4 heteroatoms. The minimum Gasteiger partial charge on any atom is -0.305 e. The number of rotatable bonds is 6. The molecule has 0 bridgehead atoms. The van der Waals surface area contributed by atoms with E-state index in [1.165, 1.54) is 44.3 Å². The standard InChI is InChI=1S/C43H35N2.C12H10N.Ir/c1-29-18-19-32(30-12-7-5-8-13-30)25-38(29)37-21-20-36(39-27-42(45-28-40(37)39)31-14-9-6-10-15-31)33-16-11-17-34(24-33)41-26-35(22-23-44-41)43(2,3)4;1-10-7-8-13-12(9-10)11-5-3-2-4-6-11;/h5-16,18-28H,1-4H3;2-5,7-9H,1H3;/q2*-1;. The SMILES string of the molecule is Cc1ccc(-c2ccccc2)cc1-c1ccc(-c2cc[c-]c(-c3cc(C(C)(C)C)ccn3)c2)c2cc(-c3ccccc3)ncc12.Cc1ccnc(-c2[c-]cccc2)c1.[Ir]. The van der Waals surface area contributed by atoms with Gasteiger partial charge in [0.25, 0.3) is 0 Å². The molecule has 0 aliphatic carbocycles. The Kier molecular flexibility index (Phi) is 12.5. The molecule has 9 aromatic rings. The van der Waals surface area contributed by atoms with Gasteiger partial charge in [-0.3, -0.25) is 4.98 Å². The van der Waals surface area contributed by atoms with E-state index in [2.05, 4.69) is 179 Å². The molecular formula is C55H45IrN3-2. The molecule has 1 radical (unpaired) electrons. The Morgan fingerprint density at radius 1 is 0.441 bits per heavy atom. The van der Waals surface area contributed by atoms with Gasteiger partial charge >= 0.3 is 0 Å². The fraction of sp³-hybridized carbons (Fsp3) is 0.109. The Labute approximate surface area is 362 Å². The van der Waals surface area contributed by atoms with Crippen LogP contribution in [0.4, 0.5) is 0 Å². The van der Waals surface area contributed by atoms with Crippen LogP contribution < -0.4 is 0 Å². The van der Waals surface area contributed by atoms with Crippen molar-refractivity contribution in [2.24, 2.45) is 0 Å². The molecule has 291 valence electrons. The summed E-state index contributed by atoms with van der Waals surface area (Å²) in [4.78, 5) is 14.0. The van der Waals surface area contributed by atoms with Gasteiger partial charge in [0.05, 0.1) is 5.69 Å². The van der Waals surface area contributed by atoms with Gasteiger partial charge < -0.3 is 9.97 Å². The molecule has 59 heavy (non-hydrogen) atoms. The third kappa shape index (κ3) is 9.37. The number of fused-ring (bicyclic) bond motifs is 1. The van der Waals surface area contributed by atoms with Crippen molar-refractivity contribution in [1.29, 1.82) is 0 Å². The number of nitrogens with zero attached hydrogens (tertiary/aromatic N) is 3. The smallest absolute Gasteiger partial charge is 0.0708 e. The van der Waals surface area contributed by atoms with Crippen molar-refractivity contribution in [2.45, 2.75) is 40.0 Å². The van der Waals surface area contributed by atoms with Crippen LogP contribution in [0.1, 0.15) is 37.5 Å². The van der Waals surface area contributed by atoms with Crippen molar-refractivity contribution >= 4 is 10.8 Å². The van der Waals surface area contributed by atoms with Gasteiger partial charge in [-0.25, -0.2) is 0 Å². The van der Waals surface area contributed by atoms with Gasteiger partial charge in [-0.15, -0.1) is 71.3 Å². The molecule has 0 aliphatic rings. The molecule has 0 unspecified atom stereocenters. The first-order chi connectivity index (χ1) is 28.2. The van der Waals surface area contributed by atoms with Gasteiger partial charge in [0.2, 0.25) is 0 Å². The van der Waals surface area contributed by atoms with Crippen LogP contribution in [0.25, 0.3) is 77.9 Å². The summed E-state index contributed by atoms with van der Waals surface area (Å²) in [6.45, 7) is 10.9. The largest absolute Gasteiger partial charge is 0.305 e. The van der Waals surface area contributed by atoms with Crippen LogP contribution in [0, 0.1) is 26.0 Å². The first-order valence-electron chi connectivity index (χ1n) is 19.7. The quantitative estimate of drug-likeness (QED) is 0.156. The maximum absolute atomic E-state index is 4.99. The maximum atomic E-state index is 4.99. The van der Waals surface area contributed by atoms with Crippen molar-refractivity contribution in [3.63, 3.8) is 0 Å². The van der Waals surface area contributed by atoms with Crippen LogP contribution >= 0.6 is 0 Å². The van der Waals surface area contributed by atoms with Gasteiger partial charge in [-0.05, 0) is 99.2 Å².